The van der Waals surface area contributed by atoms with E-state index in [1.54, 1.807) is 7.11 Å². The van der Waals surface area contributed by atoms with Crippen LogP contribution in [0.4, 0.5) is 4.39 Å². The van der Waals surface area contributed by atoms with Crippen LogP contribution in [-0.2, 0) is 0 Å². The summed E-state index contributed by atoms with van der Waals surface area (Å²) in [6, 6.07) is 3.31. The summed E-state index contributed by atoms with van der Waals surface area (Å²) in [5, 5.41) is 0. The van der Waals surface area contributed by atoms with Crippen molar-refractivity contribution in [2.75, 3.05) is 7.11 Å². The van der Waals surface area contributed by atoms with Crippen LogP contribution >= 0.6 is 31.9 Å². The zero-order valence-corrected chi connectivity index (χ0v) is 15.4. The molecule has 2 unspecified atom stereocenters. The second-order valence-corrected chi connectivity index (χ2v) is 8.09. The van der Waals surface area contributed by atoms with E-state index in [1.165, 1.54) is 31.7 Å². The highest BCUT2D eigenvalue weighted by atomic mass is 79.9. The fourth-order valence-corrected chi connectivity index (χ4v) is 4.92. The molecule has 1 aliphatic carbocycles. The minimum atomic E-state index is -0.284. The first-order valence-corrected chi connectivity index (χ1v) is 8.74. The Labute approximate surface area is 137 Å². The minimum absolute atomic E-state index is 0.185. The van der Waals surface area contributed by atoms with E-state index in [4.69, 9.17) is 4.74 Å². The third kappa shape index (κ3) is 3.22. The fraction of sp³-hybridized carbons (Fsp3) is 0.625. The predicted octanol–water partition coefficient (Wildman–Crippen LogP) is 6.25. The maximum absolute atomic E-state index is 13.7. The molecule has 1 aliphatic rings. The molecule has 1 fully saturated rings. The van der Waals surface area contributed by atoms with Gasteiger partial charge in [-0.2, -0.15) is 0 Å². The number of hydrogen-bond donors (Lipinski definition) is 0. The standard InChI is InChI=1S/C16H21Br2FO/c1-16(2)7-5-4-6-11(16)15(18)10-8-12(17)13(19)9-14(10)20-3/h8-9,11,15H,4-7H2,1-3H3. The fourth-order valence-electron chi connectivity index (χ4n) is 3.22. The first-order valence-electron chi connectivity index (χ1n) is 7.04. The highest BCUT2D eigenvalue weighted by Crippen LogP contribution is 2.52. The molecule has 0 N–H and O–H groups in total. The van der Waals surface area contributed by atoms with Gasteiger partial charge in [-0.15, -0.1) is 0 Å². The molecule has 1 aromatic rings. The van der Waals surface area contributed by atoms with Gasteiger partial charge in [0, 0.05) is 16.5 Å². The molecule has 0 saturated heterocycles. The highest BCUT2D eigenvalue weighted by molar-refractivity contribution is 9.10. The number of benzene rings is 1. The highest BCUT2D eigenvalue weighted by Gasteiger charge is 2.38. The molecule has 112 valence electrons. The average molecular weight is 408 g/mol. The maximum atomic E-state index is 13.7. The van der Waals surface area contributed by atoms with Gasteiger partial charge < -0.3 is 4.74 Å². The molecule has 1 aromatic carbocycles. The van der Waals surface area contributed by atoms with Crippen molar-refractivity contribution >= 4 is 31.9 Å². The first-order chi connectivity index (χ1) is 9.36. The van der Waals surface area contributed by atoms with E-state index in [-0.39, 0.29) is 16.1 Å². The van der Waals surface area contributed by atoms with Crippen LogP contribution < -0.4 is 4.74 Å². The lowest BCUT2D eigenvalue weighted by Gasteiger charge is -2.41. The number of methoxy groups -OCH3 is 1. The van der Waals surface area contributed by atoms with Gasteiger partial charge in [0.05, 0.1) is 11.6 Å². The summed E-state index contributed by atoms with van der Waals surface area (Å²) in [5.74, 6) is 0.865. The van der Waals surface area contributed by atoms with Gasteiger partial charge in [0.2, 0.25) is 0 Å². The molecule has 1 nitrogen and oxygen atoms in total. The lowest BCUT2D eigenvalue weighted by Crippen LogP contribution is -2.30. The van der Waals surface area contributed by atoms with Crippen LogP contribution in [0.1, 0.15) is 49.9 Å². The summed E-state index contributed by atoms with van der Waals surface area (Å²) in [6.45, 7) is 4.66. The zero-order valence-electron chi connectivity index (χ0n) is 12.2. The van der Waals surface area contributed by atoms with E-state index in [1.807, 2.05) is 6.07 Å². The Morgan fingerprint density at radius 3 is 2.65 bits per heavy atom. The molecule has 4 heteroatoms. The maximum Gasteiger partial charge on any atom is 0.141 e. The number of halogens is 3. The number of rotatable bonds is 3. The molecule has 2 atom stereocenters. The SMILES string of the molecule is COc1cc(F)c(Br)cc1C(Br)C1CCCCC1(C)C. The molecule has 0 spiro atoms. The van der Waals surface area contributed by atoms with Crippen molar-refractivity contribution in [3.8, 4) is 5.75 Å². The largest absolute Gasteiger partial charge is 0.496 e. The normalized spacial score (nSPS) is 23.4. The van der Waals surface area contributed by atoms with E-state index in [0.29, 0.717) is 16.1 Å². The molecule has 1 saturated carbocycles. The van der Waals surface area contributed by atoms with Gasteiger partial charge in [0.15, 0.2) is 0 Å². The Kier molecular flexibility index (Phi) is 5.17. The molecule has 0 bridgehead atoms. The lowest BCUT2D eigenvalue weighted by atomic mass is 9.66. The second kappa shape index (κ2) is 6.35. The summed E-state index contributed by atoms with van der Waals surface area (Å²) < 4.78 is 19.5. The van der Waals surface area contributed by atoms with Crippen molar-refractivity contribution in [3.63, 3.8) is 0 Å². The Bertz CT molecular complexity index is 488. The zero-order chi connectivity index (χ0) is 14.9. The average Bonchev–Trinajstić information content (AvgIpc) is 2.40. The molecule has 0 amide bonds. The molecule has 0 radical (unpaired) electrons. The van der Waals surface area contributed by atoms with Gasteiger partial charge in [0.25, 0.3) is 0 Å². The van der Waals surface area contributed by atoms with Gasteiger partial charge in [-0.25, -0.2) is 4.39 Å². The second-order valence-electron chi connectivity index (χ2n) is 6.25. The Hall–Kier alpha value is -0.0900. The van der Waals surface area contributed by atoms with Crippen LogP contribution in [0.3, 0.4) is 0 Å². The summed E-state index contributed by atoms with van der Waals surface area (Å²) in [5.41, 5.74) is 1.32. The molecule has 2 rings (SSSR count). The number of ether oxygens (including phenoxy) is 1. The number of hydrogen-bond acceptors (Lipinski definition) is 1. The van der Waals surface area contributed by atoms with Crippen molar-refractivity contribution in [1.29, 1.82) is 0 Å². The van der Waals surface area contributed by atoms with Crippen molar-refractivity contribution in [2.45, 2.75) is 44.4 Å². The predicted molar refractivity (Wildman–Crippen MR) is 88.1 cm³/mol. The molecular weight excluding hydrogens is 387 g/mol. The molecule has 0 aliphatic heterocycles. The summed E-state index contributed by atoms with van der Waals surface area (Å²) >= 11 is 7.13. The minimum Gasteiger partial charge on any atom is -0.496 e. The van der Waals surface area contributed by atoms with E-state index >= 15 is 0 Å². The van der Waals surface area contributed by atoms with E-state index in [9.17, 15) is 4.39 Å². The van der Waals surface area contributed by atoms with E-state index in [2.05, 4.69) is 45.7 Å². The molecule has 0 heterocycles. The summed E-state index contributed by atoms with van der Waals surface area (Å²) in [4.78, 5) is 0.185. The number of alkyl halides is 1. The van der Waals surface area contributed by atoms with Gasteiger partial charge in [0.1, 0.15) is 11.6 Å². The molecular formula is C16H21Br2FO. The third-order valence-electron chi connectivity index (χ3n) is 4.51. The Morgan fingerprint density at radius 2 is 2.05 bits per heavy atom. The van der Waals surface area contributed by atoms with E-state index in [0.717, 1.165) is 5.56 Å². The van der Waals surface area contributed by atoms with Gasteiger partial charge >= 0.3 is 0 Å². The van der Waals surface area contributed by atoms with Crippen molar-refractivity contribution in [3.05, 3.63) is 28.0 Å². The first kappa shape index (κ1) is 16.3. The van der Waals surface area contributed by atoms with Crippen molar-refractivity contribution in [2.24, 2.45) is 11.3 Å². The van der Waals surface area contributed by atoms with Crippen LogP contribution in [0.15, 0.2) is 16.6 Å². The van der Waals surface area contributed by atoms with Gasteiger partial charge in [-0.1, -0.05) is 42.6 Å². The Morgan fingerprint density at radius 1 is 1.35 bits per heavy atom. The van der Waals surface area contributed by atoms with E-state index < -0.39 is 0 Å². The van der Waals surface area contributed by atoms with Crippen molar-refractivity contribution < 1.29 is 9.13 Å². The third-order valence-corrected chi connectivity index (χ3v) is 6.25. The van der Waals surface area contributed by atoms with Crippen LogP contribution in [0, 0.1) is 17.2 Å². The smallest absolute Gasteiger partial charge is 0.141 e. The molecule has 20 heavy (non-hydrogen) atoms. The topological polar surface area (TPSA) is 9.23 Å². The van der Waals surface area contributed by atoms with Crippen LogP contribution in [-0.4, -0.2) is 7.11 Å². The monoisotopic (exact) mass is 406 g/mol. The van der Waals surface area contributed by atoms with Crippen LogP contribution in [0.5, 0.6) is 5.75 Å². The van der Waals surface area contributed by atoms with Gasteiger partial charge in [-0.05, 0) is 46.2 Å². The van der Waals surface area contributed by atoms with Crippen molar-refractivity contribution in [1.82, 2.24) is 0 Å². The lowest BCUT2D eigenvalue weighted by molar-refractivity contribution is 0.136. The quantitative estimate of drug-likeness (QED) is 0.538. The van der Waals surface area contributed by atoms with Crippen LogP contribution in [0.2, 0.25) is 0 Å². The summed E-state index contributed by atoms with van der Waals surface area (Å²) in [6.07, 6.45) is 5.00. The summed E-state index contributed by atoms with van der Waals surface area (Å²) in [7, 11) is 1.60. The molecule has 0 aromatic heterocycles. The Balaban J connectivity index is 2.37. The van der Waals surface area contributed by atoms with Crippen LogP contribution in [0.25, 0.3) is 0 Å². The van der Waals surface area contributed by atoms with Gasteiger partial charge in [-0.3, -0.25) is 0 Å².